The van der Waals surface area contributed by atoms with Crippen LogP contribution in [0.25, 0.3) is 0 Å². The molecule has 0 spiro atoms. The number of hydrogen-bond acceptors (Lipinski definition) is 2. The van der Waals surface area contributed by atoms with Gasteiger partial charge in [0.1, 0.15) is 5.82 Å². The molecule has 0 aliphatic carbocycles. The number of aromatic nitrogens is 2. The molecule has 2 aromatic rings. The van der Waals surface area contributed by atoms with Crippen LogP contribution in [0, 0.1) is 19.7 Å². The van der Waals surface area contributed by atoms with Crippen LogP contribution >= 0.6 is 0 Å². The lowest BCUT2D eigenvalue weighted by molar-refractivity contribution is -0.116. The molecule has 100 valence electrons. The molecule has 0 unspecified atom stereocenters. The Labute approximate surface area is 111 Å². The third kappa shape index (κ3) is 3.19. The third-order valence-corrected chi connectivity index (χ3v) is 3.03. The van der Waals surface area contributed by atoms with E-state index in [2.05, 4.69) is 15.5 Å². The van der Waals surface area contributed by atoms with Gasteiger partial charge in [-0.25, -0.2) is 4.39 Å². The zero-order chi connectivity index (χ0) is 13.8. The molecule has 1 amide bonds. The van der Waals surface area contributed by atoms with E-state index in [4.69, 9.17) is 0 Å². The van der Waals surface area contributed by atoms with Gasteiger partial charge in [-0.05, 0) is 38.0 Å². The number of nitrogens with one attached hydrogen (secondary N) is 2. The zero-order valence-corrected chi connectivity index (χ0v) is 11.0. The van der Waals surface area contributed by atoms with E-state index < -0.39 is 5.82 Å². The molecule has 1 aromatic carbocycles. The number of rotatable bonds is 4. The van der Waals surface area contributed by atoms with Crippen LogP contribution in [0.15, 0.2) is 24.3 Å². The summed E-state index contributed by atoms with van der Waals surface area (Å²) in [5.74, 6) is -0.628. The first kappa shape index (κ1) is 13.3. The van der Waals surface area contributed by atoms with Gasteiger partial charge in [-0.15, -0.1) is 0 Å². The van der Waals surface area contributed by atoms with E-state index in [9.17, 15) is 9.18 Å². The monoisotopic (exact) mass is 261 g/mol. The van der Waals surface area contributed by atoms with Gasteiger partial charge in [-0.3, -0.25) is 9.89 Å². The average Bonchev–Trinajstić information content (AvgIpc) is 2.70. The van der Waals surface area contributed by atoms with Gasteiger partial charge in [0, 0.05) is 12.1 Å². The second-order valence-electron chi connectivity index (χ2n) is 4.44. The van der Waals surface area contributed by atoms with Crippen LogP contribution in [0.2, 0.25) is 0 Å². The van der Waals surface area contributed by atoms with Gasteiger partial charge in [0.25, 0.3) is 0 Å². The van der Waals surface area contributed by atoms with Gasteiger partial charge >= 0.3 is 0 Å². The van der Waals surface area contributed by atoms with Crippen LogP contribution < -0.4 is 5.32 Å². The maximum atomic E-state index is 13.4. The lowest BCUT2D eigenvalue weighted by Crippen LogP contribution is -2.13. The molecular weight excluding hydrogens is 245 g/mol. The second-order valence-corrected chi connectivity index (χ2v) is 4.44. The molecule has 2 N–H and O–H groups in total. The predicted octanol–water partition coefficient (Wildman–Crippen LogP) is 2.74. The topological polar surface area (TPSA) is 57.8 Å². The number of aryl methyl sites for hydroxylation is 2. The minimum Gasteiger partial charge on any atom is -0.324 e. The molecule has 0 radical (unpaired) electrons. The number of halogens is 1. The average molecular weight is 261 g/mol. The molecule has 19 heavy (non-hydrogen) atoms. The molecule has 0 saturated heterocycles. The molecule has 0 aliphatic rings. The summed E-state index contributed by atoms with van der Waals surface area (Å²) < 4.78 is 13.4. The van der Waals surface area contributed by atoms with Crippen molar-refractivity contribution in [2.24, 2.45) is 0 Å². The van der Waals surface area contributed by atoms with E-state index in [-0.39, 0.29) is 11.6 Å². The maximum Gasteiger partial charge on any atom is 0.224 e. The number of H-pyrrole nitrogens is 1. The van der Waals surface area contributed by atoms with Crippen LogP contribution in [0.1, 0.15) is 23.4 Å². The van der Waals surface area contributed by atoms with Crippen molar-refractivity contribution in [3.05, 3.63) is 47.0 Å². The molecular formula is C14H16FN3O. The van der Waals surface area contributed by atoms with Gasteiger partial charge in [0.05, 0.1) is 11.4 Å². The van der Waals surface area contributed by atoms with Crippen molar-refractivity contribution in [1.82, 2.24) is 10.2 Å². The molecule has 1 aromatic heterocycles. The summed E-state index contributed by atoms with van der Waals surface area (Å²) in [5, 5.41) is 9.52. The zero-order valence-electron chi connectivity index (χ0n) is 11.0. The van der Waals surface area contributed by atoms with Gasteiger partial charge in [-0.2, -0.15) is 5.10 Å². The van der Waals surface area contributed by atoms with Crippen molar-refractivity contribution in [1.29, 1.82) is 0 Å². The number of para-hydroxylation sites is 1. The Morgan fingerprint density at radius 1 is 1.37 bits per heavy atom. The Morgan fingerprint density at radius 3 is 2.74 bits per heavy atom. The van der Waals surface area contributed by atoms with E-state index in [1.807, 2.05) is 13.8 Å². The minimum atomic E-state index is -0.425. The van der Waals surface area contributed by atoms with Crippen LogP contribution in [0.4, 0.5) is 10.1 Å². The second kappa shape index (κ2) is 5.65. The van der Waals surface area contributed by atoms with Crippen LogP contribution in [0.3, 0.4) is 0 Å². The molecule has 0 saturated carbocycles. The highest BCUT2D eigenvalue weighted by atomic mass is 19.1. The Kier molecular flexibility index (Phi) is 3.94. The quantitative estimate of drug-likeness (QED) is 0.889. The summed E-state index contributed by atoms with van der Waals surface area (Å²) >= 11 is 0. The highest BCUT2D eigenvalue weighted by Gasteiger charge is 2.10. The highest BCUT2D eigenvalue weighted by molar-refractivity contribution is 5.90. The Bertz CT molecular complexity index is 573. The van der Waals surface area contributed by atoms with Crippen LogP contribution in [-0.4, -0.2) is 16.1 Å². The van der Waals surface area contributed by atoms with Crippen molar-refractivity contribution in [2.75, 3.05) is 5.32 Å². The number of benzene rings is 1. The Hall–Kier alpha value is -2.17. The van der Waals surface area contributed by atoms with E-state index in [1.165, 1.54) is 6.07 Å². The van der Waals surface area contributed by atoms with Crippen molar-refractivity contribution >= 4 is 11.6 Å². The number of carbonyl (C=O) groups is 1. The largest absolute Gasteiger partial charge is 0.324 e. The molecule has 1 heterocycles. The molecule has 5 heteroatoms. The molecule has 2 rings (SSSR count). The van der Waals surface area contributed by atoms with Gasteiger partial charge in [0.2, 0.25) is 5.91 Å². The molecule has 0 fully saturated rings. The van der Waals surface area contributed by atoms with E-state index in [0.717, 1.165) is 17.0 Å². The first-order chi connectivity index (χ1) is 9.08. The molecule has 4 nitrogen and oxygen atoms in total. The van der Waals surface area contributed by atoms with Crippen molar-refractivity contribution in [2.45, 2.75) is 26.7 Å². The standard InChI is InChI=1S/C14H16FN3O/c1-9-11(10(2)18-17-9)7-8-14(19)16-13-6-4-3-5-12(13)15/h3-6H,7-8H2,1-2H3,(H,16,19)(H,17,18). The summed E-state index contributed by atoms with van der Waals surface area (Å²) in [6.07, 6.45) is 0.893. The molecule has 0 aliphatic heterocycles. The third-order valence-electron chi connectivity index (χ3n) is 3.03. The number of anilines is 1. The Balaban J connectivity index is 1.94. The lowest BCUT2D eigenvalue weighted by atomic mass is 10.1. The highest BCUT2D eigenvalue weighted by Crippen LogP contribution is 2.15. The minimum absolute atomic E-state index is 0.204. The predicted molar refractivity (Wildman–Crippen MR) is 71.4 cm³/mol. The van der Waals surface area contributed by atoms with Gasteiger partial charge < -0.3 is 5.32 Å². The van der Waals surface area contributed by atoms with Crippen LogP contribution in [0.5, 0.6) is 0 Å². The molecule has 0 bridgehead atoms. The smallest absolute Gasteiger partial charge is 0.224 e. The molecule has 0 atom stereocenters. The first-order valence-corrected chi connectivity index (χ1v) is 6.12. The fourth-order valence-electron chi connectivity index (χ4n) is 1.96. The number of amides is 1. The summed E-state index contributed by atoms with van der Waals surface area (Å²) in [6.45, 7) is 3.82. The Morgan fingerprint density at radius 2 is 2.11 bits per heavy atom. The summed E-state index contributed by atoms with van der Waals surface area (Å²) in [4.78, 5) is 11.8. The number of nitrogens with zero attached hydrogens (tertiary/aromatic N) is 1. The fourth-order valence-corrected chi connectivity index (χ4v) is 1.96. The van der Waals surface area contributed by atoms with Crippen LogP contribution in [-0.2, 0) is 11.2 Å². The summed E-state index contributed by atoms with van der Waals surface area (Å²) in [5.41, 5.74) is 3.13. The van der Waals surface area contributed by atoms with E-state index in [1.54, 1.807) is 18.2 Å². The lowest BCUT2D eigenvalue weighted by Gasteiger charge is -2.06. The van der Waals surface area contributed by atoms with E-state index >= 15 is 0 Å². The van der Waals surface area contributed by atoms with Crippen molar-refractivity contribution in [3.63, 3.8) is 0 Å². The number of aromatic amines is 1. The van der Waals surface area contributed by atoms with Crippen molar-refractivity contribution in [3.8, 4) is 0 Å². The van der Waals surface area contributed by atoms with E-state index in [0.29, 0.717) is 12.8 Å². The fraction of sp³-hybridized carbons (Fsp3) is 0.286. The van der Waals surface area contributed by atoms with Gasteiger partial charge in [-0.1, -0.05) is 12.1 Å². The number of carbonyl (C=O) groups excluding carboxylic acids is 1. The summed E-state index contributed by atoms with van der Waals surface area (Å²) in [7, 11) is 0. The SMILES string of the molecule is Cc1n[nH]c(C)c1CCC(=O)Nc1ccccc1F. The van der Waals surface area contributed by atoms with Crippen molar-refractivity contribution < 1.29 is 9.18 Å². The summed E-state index contributed by atoms with van der Waals surface area (Å²) in [6, 6.07) is 6.13. The van der Waals surface area contributed by atoms with Gasteiger partial charge in [0.15, 0.2) is 0 Å². The number of hydrogen-bond donors (Lipinski definition) is 2. The first-order valence-electron chi connectivity index (χ1n) is 6.12. The normalized spacial score (nSPS) is 10.5. The maximum absolute atomic E-state index is 13.4.